The maximum Gasteiger partial charge on any atom is 0.140 e. The second-order valence-corrected chi connectivity index (χ2v) is 12.0. The monoisotopic (exact) mass is 570 g/mol. The average molecular weight is 571 g/mol. The van der Waals surface area contributed by atoms with Gasteiger partial charge in [-0.2, -0.15) is 5.10 Å². The number of rotatable bonds is 5. The first kappa shape index (κ1) is 27.1. The summed E-state index contributed by atoms with van der Waals surface area (Å²) in [6.45, 7) is 11.2. The van der Waals surface area contributed by atoms with Crippen LogP contribution in [0.1, 0.15) is 50.1 Å². The van der Waals surface area contributed by atoms with E-state index in [0.29, 0.717) is 35.1 Å². The van der Waals surface area contributed by atoms with E-state index < -0.39 is 0 Å². The van der Waals surface area contributed by atoms with Crippen LogP contribution in [0.15, 0.2) is 96.7 Å². The van der Waals surface area contributed by atoms with Crippen molar-refractivity contribution in [2.24, 2.45) is 11.8 Å². The van der Waals surface area contributed by atoms with Crippen LogP contribution in [0.4, 0.5) is 4.39 Å². The smallest absolute Gasteiger partial charge is 0.140 e. The minimum absolute atomic E-state index is 0.328. The van der Waals surface area contributed by atoms with E-state index in [4.69, 9.17) is 9.84 Å². The molecule has 0 spiro atoms. The van der Waals surface area contributed by atoms with Gasteiger partial charge >= 0.3 is 0 Å². The predicted octanol–water partition coefficient (Wildman–Crippen LogP) is 9.62. The molecule has 0 saturated carbocycles. The lowest BCUT2D eigenvalue weighted by molar-refractivity contribution is 0.390. The number of ether oxygens (including phenoxy) is 1. The Morgan fingerprint density at radius 1 is 0.837 bits per heavy atom. The maximum absolute atomic E-state index is 14.2. The molecule has 0 saturated heterocycles. The molecule has 0 fully saturated rings. The van der Waals surface area contributed by atoms with Gasteiger partial charge in [0.2, 0.25) is 0 Å². The summed E-state index contributed by atoms with van der Waals surface area (Å²) in [5.74, 6) is 3.16. The quantitative estimate of drug-likeness (QED) is 0.194. The molecular formula is C37H35FN4O. The van der Waals surface area contributed by atoms with E-state index in [9.17, 15) is 4.39 Å². The standard InChI is InChI=1S/C37H35FN4O/c1-22-17-23(2)36(24(3)18-22)37-25(4)40-42(26(37)5)28-9-8-10-29(20-28)43-30-13-14-32-31-11-6-7-12-33(31)41(34(32)21-30)35-19-27(38)15-16-39-35/h6-17,19-22,24,36H,18H2,1-5H3/t22?,24-,36+/m0/s1. The summed E-state index contributed by atoms with van der Waals surface area (Å²) >= 11 is 0. The SMILES string of the molecule is CC1=CC(C)C[C@H](C)[C@@H]1c1c(C)nn(-c2cccc(Oc3ccc4c5ccccc5n(-c5cc(F)ccn5)c4c3)c2)c1C. The van der Waals surface area contributed by atoms with Crippen molar-refractivity contribution in [2.45, 2.75) is 47.0 Å². The second kappa shape index (κ2) is 10.5. The number of para-hydroxylation sites is 1. The number of aromatic nitrogens is 4. The number of pyridine rings is 1. The molecule has 3 aromatic carbocycles. The molecule has 1 unspecified atom stereocenters. The van der Waals surface area contributed by atoms with E-state index in [1.807, 2.05) is 57.8 Å². The Morgan fingerprint density at radius 2 is 1.63 bits per heavy atom. The molecule has 1 aliphatic carbocycles. The maximum atomic E-state index is 14.2. The third-order valence-corrected chi connectivity index (χ3v) is 8.89. The number of hydrogen-bond acceptors (Lipinski definition) is 3. The first-order valence-corrected chi connectivity index (χ1v) is 15.0. The van der Waals surface area contributed by atoms with Gasteiger partial charge in [0.25, 0.3) is 0 Å². The third-order valence-electron chi connectivity index (χ3n) is 8.89. The van der Waals surface area contributed by atoms with Crippen LogP contribution in [-0.2, 0) is 0 Å². The molecule has 43 heavy (non-hydrogen) atoms. The molecule has 3 heterocycles. The van der Waals surface area contributed by atoms with Crippen LogP contribution in [0.2, 0.25) is 0 Å². The fraction of sp³-hybridized carbons (Fsp3) is 0.243. The summed E-state index contributed by atoms with van der Waals surface area (Å²) in [4.78, 5) is 4.47. The first-order valence-electron chi connectivity index (χ1n) is 15.0. The number of allylic oxidation sites excluding steroid dienone is 2. The number of benzene rings is 3. The second-order valence-electron chi connectivity index (χ2n) is 12.0. The summed E-state index contributed by atoms with van der Waals surface area (Å²) in [6, 6.07) is 25.0. The van der Waals surface area contributed by atoms with Gasteiger partial charge in [-0.3, -0.25) is 4.57 Å². The van der Waals surface area contributed by atoms with Crippen molar-refractivity contribution >= 4 is 21.8 Å². The summed E-state index contributed by atoms with van der Waals surface area (Å²) in [5, 5.41) is 7.13. The van der Waals surface area contributed by atoms with E-state index in [1.54, 1.807) is 0 Å². The highest BCUT2D eigenvalue weighted by molar-refractivity contribution is 6.09. The van der Waals surface area contributed by atoms with Crippen molar-refractivity contribution in [1.82, 2.24) is 19.3 Å². The summed E-state index contributed by atoms with van der Waals surface area (Å²) in [7, 11) is 0. The highest BCUT2D eigenvalue weighted by Gasteiger charge is 2.31. The Kier molecular flexibility index (Phi) is 6.65. The zero-order valence-electron chi connectivity index (χ0n) is 25.2. The number of halogens is 1. The topological polar surface area (TPSA) is 44.9 Å². The third kappa shape index (κ3) is 4.71. The largest absolute Gasteiger partial charge is 0.457 e. The zero-order valence-corrected chi connectivity index (χ0v) is 25.2. The lowest BCUT2D eigenvalue weighted by Gasteiger charge is -2.32. The molecule has 3 aromatic heterocycles. The van der Waals surface area contributed by atoms with Gasteiger partial charge in [-0.25, -0.2) is 14.1 Å². The highest BCUT2D eigenvalue weighted by atomic mass is 19.1. The van der Waals surface area contributed by atoms with Gasteiger partial charge in [0, 0.05) is 52.3 Å². The molecule has 6 heteroatoms. The van der Waals surface area contributed by atoms with Crippen LogP contribution in [-0.4, -0.2) is 19.3 Å². The Hall–Kier alpha value is -4.71. The van der Waals surface area contributed by atoms with Gasteiger partial charge in [0.15, 0.2) is 0 Å². The van der Waals surface area contributed by atoms with Crippen LogP contribution in [0.5, 0.6) is 11.5 Å². The highest BCUT2D eigenvalue weighted by Crippen LogP contribution is 2.43. The summed E-state index contributed by atoms with van der Waals surface area (Å²) < 4.78 is 24.7. The van der Waals surface area contributed by atoms with Gasteiger partial charge in [0.1, 0.15) is 23.1 Å². The summed E-state index contributed by atoms with van der Waals surface area (Å²) in [6.07, 6.45) is 5.11. The number of fused-ring (bicyclic) bond motifs is 3. The average Bonchev–Trinajstić information content (AvgIpc) is 3.46. The lowest BCUT2D eigenvalue weighted by Crippen LogP contribution is -2.20. The van der Waals surface area contributed by atoms with Gasteiger partial charge < -0.3 is 4.74 Å². The predicted molar refractivity (Wildman–Crippen MR) is 171 cm³/mol. The lowest BCUT2D eigenvalue weighted by atomic mass is 9.72. The molecule has 216 valence electrons. The van der Waals surface area contributed by atoms with Crippen molar-refractivity contribution in [3.05, 3.63) is 119 Å². The normalized spacial score (nSPS) is 18.7. The first-order chi connectivity index (χ1) is 20.8. The zero-order chi connectivity index (χ0) is 29.8. The van der Waals surface area contributed by atoms with Crippen LogP contribution in [0.3, 0.4) is 0 Å². The molecule has 0 aliphatic heterocycles. The summed E-state index contributed by atoms with van der Waals surface area (Å²) in [5.41, 5.74) is 7.84. The van der Waals surface area contributed by atoms with E-state index in [0.717, 1.165) is 33.2 Å². The van der Waals surface area contributed by atoms with E-state index in [-0.39, 0.29) is 5.82 Å². The van der Waals surface area contributed by atoms with E-state index >= 15 is 0 Å². The van der Waals surface area contributed by atoms with Crippen molar-refractivity contribution in [1.29, 1.82) is 0 Å². The molecule has 6 aromatic rings. The van der Waals surface area contributed by atoms with Gasteiger partial charge in [-0.15, -0.1) is 0 Å². The van der Waals surface area contributed by atoms with E-state index in [2.05, 4.69) is 63.9 Å². The van der Waals surface area contributed by atoms with E-state index in [1.165, 1.54) is 41.6 Å². The van der Waals surface area contributed by atoms with Crippen molar-refractivity contribution < 1.29 is 9.13 Å². The minimum atomic E-state index is -0.328. The molecule has 5 nitrogen and oxygen atoms in total. The van der Waals surface area contributed by atoms with Crippen LogP contribution in [0.25, 0.3) is 33.3 Å². The Bertz CT molecular complexity index is 2030. The number of hydrogen-bond donors (Lipinski definition) is 0. The van der Waals surface area contributed by atoms with Crippen molar-refractivity contribution in [3.63, 3.8) is 0 Å². The van der Waals surface area contributed by atoms with Crippen LogP contribution >= 0.6 is 0 Å². The Morgan fingerprint density at radius 3 is 2.44 bits per heavy atom. The van der Waals surface area contributed by atoms with Gasteiger partial charge in [0.05, 0.1) is 22.4 Å². The molecule has 0 N–H and O–H groups in total. The fourth-order valence-electron chi connectivity index (χ4n) is 7.25. The molecule has 0 bridgehead atoms. The Balaban J connectivity index is 1.26. The van der Waals surface area contributed by atoms with Gasteiger partial charge in [-0.05, 0) is 75.4 Å². The molecule has 3 atom stereocenters. The Labute approximate surface area is 251 Å². The number of aryl methyl sites for hydroxylation is 1. The minimum Gasteiger partial charge on any atom is -0.457 e. The molecule has 0 amide bonds. The molecular weight excluding hydrogens is 535 g/mol. The molecule has 0 radical (unpaired) electrons. The van der Waals surface area contributed by atoms with Crippen LogP contribution in [0, 0.1) is 31.5 Å². The van der Waals surface area contributed by atoms with Crippen LogP contribution < -0.4 is 4.74 Å². The van der Waals surface area contributed by atoms with Gasteiger partial charge in [-0.1, -0.05) is 49.8 Å². The molecule has 1 aliphatic rings. The number of nitrogens with zero attached hydrogens (tertiary/aromatic N) is 4. The van der Waals surface area contributed by atoms with Crippen molar-refractivity contribution in [2.75, 3.05) is 0 Å². The molecule has 7 rings (SSSR count). The van der Waals surface area contributed by atoms with Crippen molar-refractivity contribution in [3.8, 4) is 23.0 Å². The fourth-order valence-corrected chi connectivity index (χ4v) is 7.25.